The van der Waals surface area contributed by atoms with E-state index in [4.69, 9.17) is 10.00 Å². The number of hydrogen-bond acceptors (Lipinski definition) is 3. The molecule has 3 heteroatoms. The molecule has 0 aromatic heterocycles. The van der Waals surface area contributed by atoms with E-state index in [9.17, 15) is 0 Å². The molecule has 0 saturated carbocycles. The van der Waals surface area contributed by atoms with Crippen LogP contribution < -0.4 is 5.32 Å². The molecular weight excluding hydrogens is 356 g/mol. The molecule has 3 aromatic rings. The Bertz CT molecular complexity index is 884. The molecule has 1 heterocycles. The van der Waals surface area contributed by atoms with E-state index in [-0.39, 0.29) is 12.0 Å². The van der Waals surface area contributed by atoms with Gasteiger partial charge in [-0.05, 0) is 41.7 Å². The molecule has 0 aliphatic carbocycles. The average Bonchev–Trinajstić information content (AvgIpc) is 2.80. The number of nitrogens with zero attached hydrogens (tertiary/aromatic N) is 1. The second-order valence-electron chi connectivity index (χ2n) is 7.63. The number of nitrogens with one attached hydrogen (secondary N) is 1. The summed E-state index contributed by atoms with van der Waals surface area (Å²) in [6, 6.07) is 31.7. The van der Waals surface area contributed by atoms with Gasteiger partial charge in [0.25, 0.3) is 0 Å². The summed E-state index contributed by atoms with van der Waals surface area (Å²) in [6.07, 6.45) is 2.31. The molecule has 0 bridgehead atoms. The smallest absolute Gasteiger partial charge is 0.0991 e. The van der Waals surface area contributed by atoms with Gasteiger partial charge in [0, 0.05) is 18.5 Å². The van der Waals surface area contributed by atoms with Crippen LogP contribution >= 0.6 is 0 Å². The molecule has 1 aliphatic heterocycles. The lowest BCUT2D eigenvalue weighted by Crippen LogP contribution is -2.41. The van der Waals surface area contributed by atoms with Gasteiger partial charge in [-0.15, -0.1) is 0 Å². The fourth-order valence-corrected chi connectivity index (χ4v) is 4.10. The molecule has 3 aromatic carbocycles. The van der Waals surface area contributed by atoms with Crippen molar-refractivity contribution in [2.75, 3.05) is 6.61 Å². The SMILES string of the molecule is N#Cc1ccc(CN[C@@H]2CC[C@H](C(c3ccccc3)c3ccccc3)OC2)cc1. The molecular formula is C26H26N2O. The molecule has 29 heavy (non-hydrogen) atoms. The summed E-state index contributed by atoms with van der Waals surface area (Å²) in [5.41, 5.74) is 4.52. The summed E-state index contributed by atoms with van der Waals surface area (Å²) in [6.45, 7) is 1.52. The van der Waals surface area contributed by atoms with Crippen molar-refractivity contribution in [2.24, 2.45) is 0 Å². The Balaban J connectivity index is 1.38. The van der Waals surface area contributed by atoms with Crippen LogP contribution in [-0.2, 0) is 11.3 Å². The van der Waals surface area contributed by atoms with Crippen LogP contribution in [0.1, 0.15) is 41.0 Å². The molecule has 1 fully saturated rings. The highest BCUT2D eigenvalue weighted by Crippen LogP contribution is 2.34. The molecule has 1 aliphatic rings. The molecule has 1 N–H and O–H groups in total. The number of ether oxygens (including phenoxy) is 1. The van der Waals surface area contributed by atoms with Gasteiger partial charge in [-0.3, -0.25) is 0 Å². The van der Waals surface area contributed by atoms with E-state index in [2.05, 4.69) is 72.0 Å². The maximum Gasteiger partial charge on any atom is 0.0991 e. The normalized spacial score (nSPS) is 19.0. The molecule has 146 valence electrons. The van der Waals surface area contributed by atoms with Gasteiger partial charge in [-0.2, -0.15) is 5.26 Å². The summed E-state index contributed by atoms with van der Waals surface area (Å²) >= 11 is 0. The first-order chi connectivity index (χ1) is 14.3. The van der Waals surface area contributed by atoms with Gasteiger partial charge in [-0.1, -0.05) is 72.8 Å². The fourth-order valence-electron chi connectivity index (χ4n) is 4.10. The van der Waals surface area contributed by atoms with Gasteiger partial charge in [-0.25, -0.2) is 0 Å². The van der Waals surface area contributed by atoms with Crippen molar-refractivity contribution >= 4 is 0 Å². The molecule has 0 unspecified atom stereocenters. The maximum atomic E-state index is 8.91. The highest BCUT2D eigenvalue weighted by atomic mass is 16.5. The van der Waals surface area contributed by atoms with Gasteiger partial charge in [0.1, 0.15) is 0 Å². The summed E-state index contributed by atoms with van der Waals surface area (Å²) in [5.74, 6) is 0.261. The van der Waals surface area contributed by atoms with E-state index >= 15 is 0 Å². The van der Waals surface area contributed by atoms with Crippen LogP contribution in [-0.4, -0.2) is 18.8 Å². The predicted octanol–water partition coefficient (Wildman–Crippen LogP) is 5.03. The number of hydrogen-bond donors (Lipinski definition) is 1. The maximum absolute atomic E-state index is 8.91. The van der Waals surface area contributed by atoms with Crippen molar-refractivity contribution in [2.45, 2.75) is 37.5 Å². The van der Waals surface area contributed by atoms with Crippen LogP contribution in [0.2, 0.25) is 0 Å². The highest BCUT2D eigenvalue weighted by molar-refractivity contribution is 5.34. The number of nitriles is 1. The van der Waals surface area contributed by atoms with E-state index in [1.807, 2.05) is 24.3 Å². The van der Waals surface area contributed by atoms with Crippen LogP contribution in [0.5, 0.6) is 0 Å². The van der Waals surface area contributed by atoms with Crippen molar-refractivity contribution in [1.82, 2.24) is 5.32 Å². The van der Waals surface area contributed by atoms with Gasteiger partial charge in [0.15, 0.2) is 0 Å². The van der Waals surface area contributed by atoms with Crippen LogP contribution in [0.15, 0.2) is 84.9 Å². The monoisotopic (exact) mass is 382 g/mol. The summed E-state index contributed by atoms with van der Waals surface area (Å²) in [7, 11) is 0. The van der Waals surface area contributed by atoms with Crippen molar-refractivity contribution in [3.63, 3.8) is 0 Å². The molecule has 3 nitrogen and oxygen atoms in total. The van der Waals surface area contributed by atoms with E-state index in [1.165, 1.54) is 16.7 Å². The molecule has 0 amide bonds. The largest absolute Gasteiger partial charge is 0.376 e. The van der Waals surface area contributed by atoms with Crippen molar-refractivity contribution in [3.05, 3.63) is 107 Å². The molecule has 0 spiro atoms. The van der Waals surface area contributed by atoms with Crippen LogP contribution in [0.25, 0.3) is 0 Å². The standard InChI is InChI=1S/C26H26N2O/c27-17-20-11-13-21(14-12-20)18-28-24-15-16-25(29-19-24)26(22-7-3-1-4-8-22)23-9-5-2-6-10-23/h1-14,24-26,28H,15-16,18-19H2/t24-,25-/m1/s1. The predicted molar refractivity (Wildman–Crippen MR) is 115 cm³/mol. The van der Waals surface area contributed by atoms with Crippen LogP contribution in [0.4, 0.5) is 0 Å². The van der Waals surface area contributed by atoms with E-state index in [0.29, 0.717) is 11.6 Å². The third-order valence-corrected chi connectivity index (χ3v) is 5.68. The van der Waals surface area contributed by atoms with Crippen molar-refractivity contribution in [3.8, 4) is 6.07 Å². The lowest BCUT2D eigenvalue weighted by atomic mass is 9.83. The first-order valence-corrected chi connectivity index (χ1v) is 10.3. The van der Waals surface area contributed by atoms with Gasteiger partial charge < -0.3 is 10.1 Å². The molecule has 0 radical (unpaired) electrons. The third-order valence-electron chi connectivity index (χ3n) is 5.68. The first-order valence-electron chi connectivity index (χ1n) is 10.3. The molecule has 2 atom stereocenters. The van der Waals surface area contributed by atoms with Gasteiger partial charge in [0.2, 0.25) is 0 Å². The first kappa shape index (κ1) is 19.4. The molecule has 4 rings (SSSR count). The van der Waals surface area contributed by atoms with Crippen molar-refractivity contribution in [1.29, 1.82) is 5.26 Å². The number of benzene rings is 3. The van der Waals surface area contributed by atoms with E-state index < -0.39 is 0 Å². The second-order valence-corrected chi connectivity index (χ2v) is 7.63. The fraction of sp³-hybridized carbons (Fsp3) is 0.269. The van der Waals surface area contributed by atoms with Gasteiger partial charge >= 0.3 is 0 Å². The second kappa shape index (κ2) is 9.52. The topological polar surface area (TPSA) is 45.0 Å². The van der Waals surface area contributed by atoms with Gasteiger partial charge in [0.05, 0.1) is 24.3 Å². The molecule has 1 saturated heterocycles. The minimum Gasteiger partial charge on any atom is -0.376 e. The number of rotatable bonds is 6. The highest BCUT2D eigenvalue weighted by Gasteiger charge is 2.30. The van der Waals surface area contributed by atoms with Crippen LogP contribution in [0, 0.1) is 11.3 Å². The Kier molecular flexibility index (Phi) is 6.36. The van der Waals surface area contributed by atoms with Crippen LogP contribution in [0.3, 0.4) is 0 Å². The Morgan fingerprint density at radius 1 is 0.862 bits per heavy atom. The lowest BCUT2D eigenvalue weighted by molar-refractivity contribution is -0.0116. The lowest BCUT2D eigenvalue weighted by Gasteiger charge is -2.35. The van der Waals surface area contributed by atoms with Crippen molar-refractivity contribution < 1.29 is 4.74 Å². The third kappa shape index (κ3) is 4.92. The Hall–Kier alpha value is -2.93. The zero-order valence-corrected chi connectivity index (χ0v) is 16.5. The summed E-state index contributed by atoms with van der Waals surface area (Å²) < 4.78 is 6.38. The minimum absolute atomic E-state index is 0.188. The zero-order chi connectivity index (χ0) is 19.9. The zero-order valence-electron chi connectivity index (χ0n) is 16.5. The summed E-state index contributed by atoms with van der Waals surface area (Å²) in [5, 5.41) is 12.5. The minimum atomic E-state index is 0.188. The Morgan fingerprint density at radius 2 is 1.48 bits per heavy atom. The van der Waals surface area contributed by atoms with E-state index in [1.54, 1.807) is 0 Å². The summed E-state index contributed by atoms with van der Waals surface area (Å²) in [4.78, 5) is 0. The quantitative estimate of drug-likeness (QED) is 0.650. The van der Waals surface area contributed by atoms with E-state index in [0.717, 1.165) is 26.0 Å². The Labute approximate surface area is 173 Å². The average molecular weight is 383 g/mol. The Morgan fingerprint density at radius 3 is 2.00 bits per heavy atom.